The SMILES string of the molecule is CCOC(=O)C(C)Oc1ncn(-c2ccc(OC)cc2)n1. The molecular formula is C14H17N3O4. The number of hydrogen-bond donors (Lipinski definition) is 0. The number of rotatable bonds is 6. The minimum absolute atomic E-state index is 0.117. The van der Waals surface area contributed by atoms with Gasteiger partial charge in [0, 0.05) is 0 Å². The van der Waals surface area contributed by atoms with Gasteiger partial charge in [-0.2, -0.15) is 4.98 Å². The molecule has 7 nitrogen and oxygen atoms in total. The normalized spacial score (nSPS) is 11.8. The van der Waals surface area contributed by atoms with Crippen molar-refractivity contribution in [1.29, 1.82) is 0 Å². The first-order chi connectivity index (χ1) is 10.1. The molecule has 0 aliphatic rings. The van der Waals surface area contributed by atoms with Gasteiger partial charge >= 0.3 is 12.0 Å². The number of carbonyl (C=O) groups excluding carboxylic acids is 1. The zero-order valence-corrected chi connectivity index (χ0v) is 12.1. The lowest BCUT2D eigenvalue weighted by Crippen LogP contribution is -2.26. The van der Waals surface area contributed by atoms with Gasteiger partial charge in [0.15, 0.2) is 6.10 Å². The van der Waals surface area contributed by atoms with Gasteiger partial charge in [-0.05, 0) is 38.1 Å². The first-order valence-electron chi connectivity index (χ1n) is 6.53. The molecule has 0 spiro atoms. The maximum absolute atomic E-state index is 11.5. The lowest BCUT2D eigenvalue weighted by molar-refractivity contribution is -0.150. The smallest absolute Gasteiger partial charge is 0.347 e. The average molecular weight is 291 g/mol. The van der Waals surface area contributed by atoms with Gasteiger partial charge in [0.25, 0.3) is 0 Å². The summed E-state index contributed by atoms with van der Waals surface area (Å²) in [6, 6.07) is 7.43. The number of esters is 1. The van der Waals surface area contributed by atoms with Crippen molar-refractivity contribution in [1.82, 2.24) is 14.8 Å². The zero-order valence-electron chi connectivity index (χ0n) is 12.1. The number of hydrogen-bond acceptors (Lipinski definition) is 6. The highest BCUT2D eigenvalue weighted by Crippen LogP contribution is 2.15. The van der Waals surface area contributed by atoms with Crippen molar-refractivity contribution in [3.8, 4) is 17.4 Å². The molecule has 1 aromatic heterocycles. The highest BCUT2D eigenvalue weighted by molar-refractivity contribution is 5.74. The Morgan fingerprint density at radius 1 is 1.33 bits per heavy atom. The molecule has 1 unspecified atom stereocenters. The number of carbonyl (C=O) groups is 1. The lowest BCUT2D eigenvalue weighted by atomic mass is 10.3. The van der Waals surface area contributed by atoms with Gasteiger partial charge in [0.05, 0.1) is 19.4 Å². The second-order valence-corrected chi connectivity index (χ2v) is 4.18. The molecular weight excluding hydrogens is 274 g/mol. The van der Waals surface area contributed by atoms with Crippen LogP contribution < -0.4 is 9.47 Å². The van der Waals surface area contributed by atoms with E-state index in [1.807, 2.05) is 24.3 Å². The topological polar surface area (TPSA) is 75.5 Å². The molecule has 1 atom stereocenters. The van der Waals surface area contributed by atoms with Crippen molar-refractivity contribution < 1.29 is 19.0 Å². The second kappa shape index (κ2) is 6.74. The molecule has 0 N–H and O–H groups in total. The van der Waals surface area contributed by atoms with Crippen molar-refractivity contribution in [3.63, 3.8) is 0 Å². The third kappa shape index (κ3) is 3.71. The minimum atomic E-state index is -0.753. The van der Waals surface area contributed by atoms with Gasteiger partial charge in [-0.25, -0.2) is 9.48 Å². The number of benzene rings is 1. The third-order valence-electron chi connectivity index (χ3n) is 2.71. The summed E-state index contributed by atoms with van der Waals surface area (Å²) in [6.07, 6.45) is 0.756. The Balaban J connectivity index is 2.05. The first-order valence-corrected chi connectivity index (χ1v) is 6.53. The molecule has 0 radical (unpaired) electrons. The van der Waals surface area contributed by atoms with Gasteiger partial charge < -0.3 is 14.2 Å². The van der Waals surface area contributed by atoms with Crippen LogP contribution in [0.15, 0.2) is 30.6 Å². The van der Waals surface area contributed by atoms with Crippen LogP contribution in [-0.4, -0.2) is 40.6 Å². The molecule has 0 saturated heterocycles. The van der Waals surface area contributed by atoms with E-state index in [2.05, 4.69) is 10.1 Å². The van der Waals surface area contributed by atoms with Crippen molar-refractivity contribution in [3.05, 3.63) is 30.6 Å². The van der Waals surface area contributed by atoms with Gasteiger partial charge in [-0.1, -0.05) is 0 Å². The molecule has 112 valence electrons. The number of methoxy groups -OCH3 is 1. The number of nitrogens with zero attached hydrogens (tertiary/aromatic N) is 3. The van der Waals surface area contributed by atoms with E-state index in [1.54, 1.807) is 25.6 Å². The van der Waals surface area contributed by atoms with Gasteiger partial charge in [-0.3, -0.25) is 0 Å². The summed E-state index contributed by atoms with van der Waals surface area (Å²) in [6.45, 7) is 3.63. The molecule has 0 amide bonds. The largest absolute Gasteiger partial charge is 0.497 e. The lowest BCUT2D eigenvalue weighted by Gasteiger charge is -2.09. The first kappa shape index (κ1) is 14.8. The number of aromatic nitrogens is 3. The van der Waals surface area contributed by atoms with E-state index in [9.17, 15) is 4.79 Å². The van der Waals surface area contributed by atoms with Crippen molar-refractivity contribution in [2.75, 3.05) is 13.7 Å². The molecule has 21 heavy (non-hydrogen) atoms. The van der Waals surface area contributed by atoms with Crippen molar-refractivity contribution in [2.24, 2.45) is 0 Å². The Kier molecular flexibility index (Phi) is 4.76. The maximum Gasteiger partial charge on any atom is 0.347 e. The summed E-state index contributed by atoms with van der Waals surface area (Å²) in [5.74, 6) is 0.310. The molecule has 2 rings (SSSR count). The van der Waals surface area contributed by atoms with Crippen LogP contribution in [-0.2, 0) is 9.53 Å². The highest BCUT2D eigenvalue weighted by Gasteiger charge is 2.17. The summed E-state index contributed by atoms with van der Waals surface area (Å²) >= 11 is 0. The van der Waals surface area contributed by atoms with Gasteiger partial charge in [0.2, 0.25) is 0 Å². The van der Waals surface area contributed by atoms with Crippen LogP contribution in [0.25, 0.3) is 5.69 Å². The van der Waals surface area contributed by atoms with E-state index in [1.165, 1.54) is 6.33 Å². The van der Waals surface area contributed by atoms with Crippen molar-refractivity contribution in [2.45, 2.75) is 20.0 Å². The van der Waals surface area contributed by atoms with Gasteiger partial charge in [-0.15, -0.1) is 5.10 Å². The van der Waals surface area contributed by atoms with Crippen LogP contribution in [0, 0.1) is 0 Å². The van der Waals surface area contributed by atoms with Crippen molar-refractivity contribution >= 4 is 5.97 Å². The third-order valence-corrected chi connectivity index (χ3v) is 2.71. The van der Waals surface area contributed by atoms with Crippen LogP contribution in [0.4, 0.5) is 0 Å². The van der Waals surface area contributed by atoms with E-state index < -0.39 is 12.1 Å². The van der Waals surface area contributed by atoms with E-state index in [0.29, 0.717) is 6.61 Å². The molecule has 7 heteroatoms. The molecule has 2 aromatic rings. The van der Waals surface area contributed by atoms with Crippen LogP contribution in [0.5, 0.6) is 11.8 Å². The zero-order chi connectivity index (χ0) is 15.2. The molecule has 0 aliphatic heterocycles. The molecule has 1 aromatic carbocycles. The summed E-state index contributed by atoms with van der Waals surface area (Å²) in [4.78, 5) is 15.5. The van der Waals surface area contributed by atoms with E-state index in [0.717, 1.165) is 11.4 Å². The fraction of sp³-hybridized carbons (Fsp3) is 0.357. The Labute approximate surface area is 122 Å². The molecule has 0 aliphatic carbocycles. The maximum atomic E-state index is 11.5. The predicted octanol–water partition coefficient (Wildman–Crippen LogP) is 1.61. The van der Waals surface area contributed by atoms with Crippen LogP contribution >= 0.6 is 0 Å². The van der Waals surface area contributed by atoms with Crippen LogP contribution in [0.1, 0.15) is 13.8 Å². The van der Waals surface area contributed by atoms with Crippen LogP contribution in [0.3, 0.4) is 0 Å². The fourth-order valence-electron chi connectivity index (χ4n) is 1.63. The van der Waals surface area contributed by atoms with E-state index >= 15 is 0 Å². The monoisotopic (exact) mass is 291 g/mol. The Hall–Kier alpha value is -2.57. The molecule has 0 bridgehead atoms. The molecule has 0 saturated carbocycles. The standard InChI is InChI=1S/C14H17N3O4/c1-4-20-13(18)10(2)21-14-15-9-17(16-14)11-5-7-12(19-3)8-6-11/h5-10H,4H2,1-3H3. The summed E-state index contributed by atoms with van der Waals surface area (Å²) < 4.78 is 16.8. The Morgan fingerprint density at radius 3 is 2.67 bits per heavy atom. The molecule has 0 fully saturated rings. The minimum Gasteiger partial charge on any atom is -0.497 e. The average Bonchev–Trinajstić information content (AvgIpc) is 2.96. The van der Waals surface area contributed by atoms with Crippen LogP contribution in [0.2, 0.25) is 0 Å². The molecule has 1 heterocycles. The van der Waals surface area contributed by atoms with Gasteiger partial charge in [0.1, 0.15) is 12.1 Å². The van der Waals surface area contributed by atoms with E-state index in [-0.39, 0.29) is 6.01 Å². The Bertz CT molecular complexity index is 595. The number of ether oxygens (including phenoxy) is 3. The fourth-order valence-corrected chi connectivity index (χ4v) is 1.63. The predicted molar refractivity (Wildman–Crippen MR) is 74.6 cm³/mol. The highest BCUT2D eigenvalue weighted by atomic mass is 16.6. The summed E-state index contributed by atoms with van der Waals surface area (Å²) in [5, 5.41) is 4.15. The quantitative estimate of drug-likeness (QED) is 0.753. The van der Waals surface area contributed by atoms with E-state index in [4.69, 9.17) is 14.2 Å². The summed E-state index contributed by atoms with van der Waals surface area (Å²) in [7, 11) is 1.60. The summed E-state index contributed by atoms with van der Waals surface area (Å²) in [5.41, 5.74) is 0.807. The second-order valence-electron chi connectivity index (χ2n) is 4.18. The Morgan fingerprint density at radius 2 is 2.05 bits per heavy atom.